The third-order valence-corrected chi connectivity index (χ3v) is 6.43. The lowest BCUT2D eigenvalue weighted by atomic mass is 10.2. The summed E-state index contributed by atoms with van der Waals surface area (Å²) in [4.78, 5) is -0.178. The number of fused-ring (bicyclic) bond motifs is 1. The fraction of sp³-hybridized carbons (Fsp3) is 0.0870. The molecule has 4 aromatic rings. The quantitative estimate of drug-likeness (QED) is 0.376. The number of hydrogen-bond donors (Lipinski definition) is 1. The van der Waals surface area contributed by atoms with Crippen LogP contribution in [0.25, 0.3) is 22.4 Å². The van der Waals surface area contributed by atoms with E-state index in [0.717, 1.165) is 11.1 Å². The van der Waals surface area contributed by atoms with Crippen LogP contribution in [0, 0.1) is 6.92 Å². The van der Waals surface area contributed by atoms with Crippen LogP contribution in [0.15, 0.2) is 77.7 Å². The second kappa shape index (κ2) is 9.21. The standard InChI is InChI=1S/C16H13NOS.C7H8O3S/c1-17-14-4-2-3-5-15(14)19-16(17)11-8-12-6-9-13(18)10-7-12;1-6-2-4-7(5-3-6)11(8,9)10/h2-11H,1H3;2-5H,1H3,(H,8,9,10). The molecule has 0 unspecified atom stereocenters. The first-order valence-electron chi connectivity index (χ1n) is 9.11. The van der Waals surface area contributed by atoms with E-state index in [1.807, 2.05) is 19.1 Å². The first kappa shape index (κ1) is 21.7. The molecule has 1 aromatic heterocycles. The fourth-order valence-corrected chi connectivity index (χ4v) is 4.25. The smallest absolute Gasteiger partial charge is 0.262 e. The van der Waals surface area contributed by atoms with Gasteiger partial charge in [0.15, 0.2) is 0 Å². The number of aryl methyl sites for hydroxylation is 2. The van der Waals surface area contributed by atoms with Crippen molar-refractivity contribution >= 4 is 43.8 Å². The molecule has 0 aliphatic rings. The molecule has 0 amide bonds. The van der Waals surface area contributed by atoms with Gasteiger partial charge in [0.1, 0.15) is 27.6 Å². The second-order valence-electron chi connectivity index (χ2n) is 6.66. The Labute approximate surface area is 179 Å². The van der Waals surface area contributed by atoms with E-state index >= 15 is 0 Å². The molecular weight excluding hydrogens is 418 g/mol. The van der Waals surface area contributed by atoms with Crippen molar-refractivity contribution in [1.82, 2.24) is 0 Å². The van der Waals surface area contributed by atoms with E-state index in [9.17, 15) is 18.1 Å². The maximum atomic E-state index is 10.4. The van der Waals surface area contributed by atoms with Gasteiger partial charge in [-0.3, -0.25) is 0 Å². The molecular formula is C23H21NO4S2. The molecule has 1 N–H and O–H groups in total. The van der Waals surface area contributed by atoms with Gasteiger partial charge in [0.05, 0.1) is 4.90 Å². The Hall–Kier alpha value is -3.00. The Balaban J connectivity index is 0.000000199. The maximum absolute atomic E-state index is 10.4. The van der Waals surface area contributed by atoms with Gasteiger partial charge in [0, 0.05) is 12.1 Å². The van der Waals surface area contributed by atoms with Gasteiger partial charge in [-0.15, -0.1) is 0 Å². The molecule has 30 heavy (non-hydrogen) atoms. The van der Waals surface area contributed by atoms with Crippen molar-refractivity contribution in [2.24, 2.45) is 7.05 Å². The van der Waals surface area contributed by atoms with Crippen molar-refractivity contribution in [2.45, 2.75) is 11.8 Å². The van der Waals surface area contributed by atoms with Crippen LogP contribution < -0.4 is 4.57 Å². The van der Waals surface area contributed by atoms with Gasteiger partial charge in [-0.2, -0.15) is 4.57 Å². The zero-order valence-corrected chi connectivity index (χ0v) is 18.2. The van der Waals surface area contributed by atoms with Crippen LogP contribution in [0.1, 0.15) is 16.1 Å². The number of aromatic hydroxyl groups is 1. The van der Waals surface area contributed by atoms with E-state index in [4.69, 9.17) is 0 Å². The van der Waals surface area contributed by atoms with Crippen LogP contribution in [0.5, 0.6) is 5.75 Å². The van der Waals surface area contributed by atoms with Crippen LogP contribution in [0.4, 0.5) is 0 Å². The predicted molar refractivity (Wildman–Crippen MR) is 119 cm³/mol. The molecule has 0 spiro atoms. The van der Waals surface area contributed by atoms with E-state index in [2.05, 4.69) is 48.0 Å². The minimum absolute atomic E-state index is 0.178. The van der Waals surface area contributed by atoms with E-state index < -0.39 is 10.1 Å². The first-order valence-corrected chi connectivity index (χ1v) is 11.3. The number of nitrogens with zero attached hydrogens (tertiary/aromatic N) is 1. The minimum atomic E-state index is -4.27. The molecule has 0 radical (unpaired) electrons. The molecule has 0 atom stereocenters. The maximum Gasteiger partial charge on any atom is 0.262 e. The average Bonchev–Trinajstić information content (AvgIpc) is 3.04. The molecule has 0 aliphatic heterocycles. The van der Waals surface area contributed by atoms with E-state index in [-0.39, 0.29) is 4.90 Å². The summed E-state index contributed by atoms with van der Waals surface area (Å²) in [5.74, 6) is 0.296. The van der Waals surface area contributed by atoms with Gasteiger partial charge in [-0.1, -0.05) is 53.3 Å². The molecule has 0 saturated carbocycles. The Bertz CT molecular complexity index is 1270. The molecule has 0 bridgehead atoms. The second-order valence-corrected chi connectivity index (χ2v) is 9.10. The minimum Gasteiger partial charge on any atom is -0.744 e. The summed E-state index contributed by atoms with van der Waals surface area (Å²) in [7, 11) is -2.19. The van der Waals surface area contributed by atoms with Crippen LogP contribution in [0.3, 0.4) is 0 Å². The molecule has 0 fully saturated rings. The number of phenols is 1. The number of para-hydroxylation sites is 1. The zero-order chi connectivity index (χ0) is 21.7. The Morgan fingerprint density at radius 2 is 1.57 bits per heavy atom. The number of benzene rings is 3. The first-order chi connectivity index (χ1) is 14.2. The summed E-state index contributed by atoms with van der Waals surface area (Å²) in [6.07, 6.45) is 4.17. The molecule has 0 saturated heterocycles. The summed E-state index contributed by atoms with van der Waals surface area (Å²) in [6, 6.07) is 21.4. The monoisotopic (exact) mass is 439 g/mol. The Kier molecular flexibility index (Phi) is 6.66. The average molecular weight is 440 g/mol. The molecule has 5 nitrogen and oxygen atoms in total. The van der Waals surface area contributed by atoms with Crippen molar-refractivity contribution in [3.8, 4) is 5.75 Å². The van der Waals surface area contributed by atoms with Gasteiger partial charge in [-0.05, 0) is 48.9 Å². The topological polar surface area (TPSA) is 81.3 Å². The lowest BCUT2D eigenvalue weighted by Gasteiger charge is -2.05. The largest absolute Gasteiger partial charge is 0.744 e. The number of phenolic OH excluding ortho intramolecular Hbond substituents is 1. The highest BCUT2D eigenvalue weighted by atomic mass is 32.2. The van der Waals surface area contributed by atoms with Crippen molar-refractivity contribution in [3.63, 3.8) is 0 Å². The van der Waals surface area contributed by atoms with Crippen LogP contribution >= 0.6 is 11.3 Å². The van der Waals surface area contributed by atoms with Gasteiger partial charge < -0.3 is 9.66 Å². The highest BCUT2D eigenvalue weighted by molar-refractivity contribution is 7.85. The highest BCUT2D eigenvalue weighted by Gasteiger charge is 2.13. The Morgan fingerprint density at radius 3 is 2.17 bits per heavy atom. The van der Waals surface area contributed by atoms with Crippen LogP contribution in [0.2, 0.25) is 0 Å². The van der Waals surface area contributed by atoms with Gasteiger partial charge in [0.2, 0.25) is 5.52 Å². The molecule has 0 aliphatic carbocycles. The number of thiazole rings is 1. The SMILES string of the molecule is C[n+]1c(/C=C/c2ccc(O)cc2)sc2ccccc21.Cc1ccc(S(=O)(=O)[O-])cc1. The van der Waals surface area contributed by atoms with Gasteiger partial charge in [0.25, 0.3) is 5.01 Å². The van der Waals surface area contributed by atoms with E-state index in [0.29, 0.717) is 5.75 Å². The summed E-state index contributed by atoms with van der Waals surface area (Å²) in [5.41, 5.74) is 3.26. The van der Waals surface area contributed by atoms with Crippen molar-refractivity contribution in [2.75, 3.05) is 0 Å². The van der Waals surface area contributed by atoms with E-state index in [1.54, 1.807) is 35.6 Å². The zero-order valence-electron chi connectivity index (χ0n) is 16.5. The summed E-state index contributed by atoms with van der Waals surface area (Å²) >= 11 is 1.77. The van der Waals surface area contributed by atoms with Crippen molar-refractivity contribution in [3.05, 3.63) is 88.9 Å². The molecule has 154 valence electrons. The molecule has 3 aromatic carbocycles. The van der Waals surface area contributed by atoms with Crippen LogP contribution in [-0.2, 0) is 17.2 Å². The lowest BCUT2D eigenvalue weighted by molar-refractivity contribution is -0.642. The lowest BCUT2D eigenvalue weighted by Crippen LogP contribution is -2.28. The van der Waals surface area contributed by atoms with Crippen molar-refractivity contribution < 1.29 is 22.6 Å². The fourth-order valence-electron chi connectivity index (χ4n) is 2.72. The third-order valence-electron chi connectivity index (χ3n) is 4.39. The third kappa shape index (κ3) is 5.54. The molecule has 1 heterocycles. The van der Waals surface area contributed by atoms with Gasteiger partial charge in [-0.25, -0.2) is 8.42 Å². The normalized spacial score (nSPS) is 11.4. The number of hydrogen-bond acceptors (Lipinski definition) is 5. The molecule has 7 heteroatoms. The predicted octanol–water partition coefficient (Wildman–Crippen LogP) is 4.50. The number of aromatic nitrogens is 1. The van der Waals surface area contributed by atoms with E-state index in [1.165, 1.54) is 27.4 Å². The number of rotatable bonds is 3. The van der Waals surface area contributed by atoms with Crippen molar-refractivity contribution in [1.29, 1.82) is 0 Å². The van der Waals surface area contributed by atoms with Gasteiger partial charge >= 0.3 is 0 Å². The Morgan fingerprint density at radius 1 is 0.933 bits per heavy atom. The highest BCUT2D eigenvalue weighted by Crippen LogP contribution is 2.21. The van der Waals surface area contributed by atoms with Crippen LogP contribution in [-0.4, -0.2) is 18.1 Å². The summed E-state index contributed by atoms with van der Waals surface area (Å²) < 4.78 is 34.6. The summed E-state index contributed by atoms with van der Waals surface area (Å²) in [6.45, 7) is 1.82. The summed E-state index contributed by atoms with van der Waals surface area (Å²) in [5, 5.41) is 10.5. The molecule has 4 rings (SSSR count).